The predicted octanol–water partition coefficient (Wildman–Crippen LogP) is 3.81. The summed E-state index contributed by atoms with van der Waals surface area (Å²) in [6.07, 6.45) is 2.97. The van der Waals surface area contributed by atoms with Crippen LogP contribution >= 0.6 is 11.6 Å². The molecular formula is C21H28ClN7. The average Bonchev–Trinajstić information content (AvgIpc) is 3.01. The van der Waals surface area contributed by atoms with Gasteiger partial charge in [-0.25, -0.2) is 4.98 Å². The van der Waals surface area contributed by atoms with Crippen molar-refractivity contribution in [2.75, 3.05) is 43.4 Å². The van der Waals surface area contributed by atoms with Crippen LogP contribution in [0, 0.1) is 0 Å². The molecule has 1 aromatic carbocycles. The molecule has 0 spiro atoms. The van der Waals surface area contributed by atoms with E-state index in [2.05, 4.69) is 75.2 Å². The maximum atomic E-state index is 6.21. The minimum Gasteiger partial charge on any atom is -0.370 e. The lowest BCUT2D eigenvalue weighted by atomic mass is 10.1. The second-order valence-corrected chi connectivity index (χ2v) is 8.22. The molecule has 1 aliphatic heterocycles. The average molecular weight is 414 g/mol. The number of nitrogens with one attached hydrogen (secondary N) is 1. The fourth-order valence-electron chi connectivity index (χ4n) is 3.83. The van der Waals surface area contributed by atoms with E-state index in [1.807, 2.05) is 4.57 Å². The minimum absolute atomic E-state index is 0.228. The Hall–Kier alpha value is -2.38. The predicted molar refractivity (Wildman–Crippen MR) is 119 cm³/mol. The Labute approximate surface area is 176 Å². The molecule has 2 aromatic heterocycles. The summed E-state index contributed by atoms with van der Waals surface area (Å²) in [7, 11) is 2.19. The van der Waals surface area contributed by atoms with Gasteiger partial charge in [-0.15, -0.1) is 0 Å². The largest absolute Gasteiger partial charge is 0.370 e. The number of imidazole rings is 1. The first-order valence-corrected chi connectivity index (χ1v) is 10.6. The van der Waals surface area contributed by atoms with Crippen LogP contribution in [0.3, 0.4) is 0 Å². The van der Waals surface area contributed by atoms with Gasteiger partial charge in [-0.05, 0) is 57.1 Å². The van der Waals surface area contributed by atoms with Crippen LogP contribution in [-0.4, -0.2) is 57.6 Å². The van der Waals surface area contributed by atoms with E-state index in [1.54, 1.807) is 6.33 Å². The lowest BCUT2D eigenvalue weighted by molar-refractivity contribution is 0.360. The Morgan fingerprint density at radius 2 is 1.93 bits per heavy atom. The number of nitrogens with zero attached hydrogens (tertiary/aromatic N) is 6. The Morgan fingerprint density at radius 1 is 1.10 bits per heavy atom. The van der Waals surface area contributed by atoms with Gasteiger partial charge in [-0.3, -0.25) is 0 Å². The van der Waals surface area contributed by atoms with Crippen molar-refractivity contribution in [3.05, 3.63) is 41.4 Å². The Kier molecular flexibility index (Phi) is 5.87. The van der Waals surface area contributed by atoms with Crippen molar-refractivity contribution in [3.63, 3.8) is 0 Å². The number of hydrogen-bond acceptors (Lipinski definition) is 6. The third-order valence-electron chi connectivity index (χ3n) is 5.45. The van der Waals surface area contributed by atoms with Gasteiger partial charge in [0.15, 0.2) is 17.0 Å². The summed E-state index contributed by atoms with van der Waals surface area (Å²) < 4.78 is 2.01. The number of aromatic nitrogens is 4. The van der Waals surface area contributed by atoms with Crippen LogP contribution in [0.5, 0.6) is 0 Å². The second kappa shape index (κ2) is 8.55. The number of likely N-dealkylation sites (N-methyl/N-ethyl adjacent to an activating group) is 1. The van der Waals surface area contributed by atoms with Crippen LogP contribution in [0.1, 0.15) is 31.9 Å². The molecule has 3 aromatic rings. The first kappa shape index (κ1) is 19.9. The molecule has 1 N–H and O–H groups in total. The van der Waals surface area contributed by atoms with E-state index in [1.165, 1.54) is 17.7 Å². The highest BCUT2D eigenvalue weighted by Crippen LogP contribution is 2.26. The smallest absolute Gasteiger partial charge is 0.226 e. The number of benzene rings is 1. The SMILES string of the molecule is CC(C)n1cnc2c(NCc3ccccc3N3CCCN(C)CC3)nc(Cl)nc21. The van der Waals surface area contributed by atoms with Crippen LogP contribution in [-0.2, 0) is 6.54 Å². The van der Waals surface area contributed by atoms with E-state index in [0.717, 1.165) is 37.3 Å². The van der Waals surface area contributed by atoms with E-state index >= 15 is 0 Å². The summed E-state index contributed by atoms with van der Waals surface area (Å²) in [5, 5.41) is 3.68. The van der Waals surface area contributed by atoms with Crippen LogP contribution in [0.4, 0.5) is 11.5 Å². The number of halogens is 1. The molecule has 0 aliphatic carbocycles. The first-order chi connectivity index (χ1) is 14.0. The topological polar surface area (TPSA) is 62.1 Å². The van der Waals surface area contributed by atoms with Gasteiger partial charge in [-0.1, -0.05) is 18.2 Å². The zero-order chi connectivity index (χ0) is 20.4. The van der Waals surface area contributed by atoms with E-state index in [9.17, 15) is 0 Å². The number of anilines is 2. The number of para-hydroxylation sites is 1. The maximum Gasteiger partial charge on any atom is 0.226 e. The van der Waals surface area contributed by atoms with Crippen LogP contribution in [0.2, 0.25) is 5.28 Å². The van der Waals surface area contributed by atoms with Gasteiger partial charge < -0.3 is 19.7 Å². The normalized spacial score (nSPS) is 15.8. The summed E-state index contributed by atoms with van der Waals surface area (Å²) in [5.41, 5.74) is 4.02. The summed E-state index contributed by atoms with van der Waals surface area (Å²) >= 11 is 6.21. The molecule has 1 aliphatic rings. The van der Waals surface area contributed by atoms with Gasteiger partial charge in [0, 0.05) is 37.9 Å². The number of fused-ring (bicyclic) bond motifs is 1. The van der Waals surface area contributed by atoms with Gasteiger partial charge in [0.1, 0.15) is 0 Å². The van der Waals surface area contributed by atoms with Gasteiger partial charge in [0.05, 0.1) is 6.33 Å². The van der Waals surface area contributed by atoms with Crippen molar-refractivity contribution >= 4 is 34.3 Å². The highest BCUT2D eigenvalue weighted by Gasteiger charge is 2.17. The molecule has 7 nitrogen and oxygen atoms in total. The molecule has 4 rings (SSSR count). The lowest BCUT2D eigenvalue weighted by Crippen LogP contribution is -2.29. The Bertz CT molecular complexity index is 984. The Balaban J connectivity index is 1.59. The molecule has 0 bridgehead atoms. The molecule has 0 amide bonds. The summed E-state index contributed by atoms with van der Waals surface area (Å²) in [6, 6.07) is 8.82. The summed E-state index contributed by atoms with van der Waals surface area (Å²) in [4.78, 5) is 18.2. The Morgan fingerprint density at radius 3 is 2.76 bits per heavy atom. The highest BCUT2D eigenvalue weighted by atomic mass is 35.5. The first-order valence-electron chi connectivity index (χ1n) is 10.2. The van der Waals surface area contributed by atoms with Crippen molar-refractivity contribution < 1.29 is 0 Å². The molecule has 1 fully saturated rings. The molecule has 8 heteroatoms. The third kappa shape index (κ3) is 4.31. The van der Waals surface area contributed by atoms with Crippen molar-refractivity contribution in [1.29, 1.82) is 0 Å². The molecule has 0 unspecified atom stereocenters. The molecule has 0 radical (unpaired) electrons. The van der Waals surface area contributed by atoms with Crippen molar-refractivity contribution in [2.45, 2.75) is 32.9 Å². The van der Waals surface area contributed by atoms with Crippen molar-refractivity contribution in [2.24, 2.45) is 0 Å². The lowest BCUT2D eigenvalue weighted by Gasteiger charge is -2.25. The van der Waals surface area contributed by atoms with Crippen LogP contribution in [0.15, 0.2) is 30.6 Å². The molecular weight excluding hydrogens is 386 g/mol. The van der Waals surface area contributed by atoms with Crippen molar-refractivity contribution in [1.82, 2.24) is 24.4 Å². The van der Waals surface area contributed by atoms with Gasteiger partial charge in [-0.2, -0.15) is 9.97 Å². The molecule has 0 saturated carbocycles. The molecule has 154 valence electrons. The fourth-order valence-corrected chi connectivity index (χ4v) is 3.99. The summed E-state index contributed by atoms with van der Waals surface area (Å²) in [6.45, 7) is 9.18. The zero-order valence-electron chi connectivity index (χ0n) is 17.3. The van der Waals surface area contributed by atoms with Crippen molar-refractivity contribution in [3.8, 4) is 0 Å². The van der Waals surface area contributed by atoms with Gasteiger partial charge >= 0.3 is 0 Å². The number of rotatable bonds is 5. The quantitative estimate of drug-likeness (QED) is 0.641. The van der Waals surface area contributed by atoms with Gasteiger partial charge in [0.25, 0.3) is 0 Å². The highest BCUT2D eigenvalue weighted by molar-refractivity contribution is 6.28. The third-order valence-corrected chi connectivity index (χ3v) is 5.62. The zero-order valence-corrected chi connectivity index (χ0v) is 18.0. The second-order valence-electron chi connectivity index (χ2n) is 7.89. The van der Waals surface area contributed by atoms with Crippen LogP contribution < -0.4 is 10.2 Å². The fraction of sp³-hybridized carbons (Fsp3) is 0.476. The number of hydrogen-bond donors (Lipinski definition) is 1. The summed E-state index contributed by atoms with van der Waals surface area (Å²) in [5.74, 6) is 0.671. The van der Waals surface area contributed by atoms with Crippen LogP contribution in [0.25, 0.3) is 11.2 Å². The molecule has 3 heterocycles. The van der Waals surface area contributed by atoms with E-state index in [4.69, 9.17) is 11.6 Å². The monoisotopic (exact) mass is 413 g/mol. The standard InChI is InChI=1S/C21H28ClN7/c1-15(2)29-14-24-18-19(25-21(22)26-20(18)29)23-13-16-7-4-5-8-17(16)28-10-6-9-27(3)11-12-28/h4-5,7-8,14-15H,6,9-13H2,1-3H3,(H,23,25,26). The minimum atomic E-state index is 0.228. The van der Waals surface area contributed by atoms with E-state index < -0.39 is 0 Å². The van der Waals surface area contributed by atoms with Gasteiger partial charge in [0.2, 0.25) is 5.28 Å². The molecule has 1 saturated heterocycles. The molecule has 0 atom stereocenters. The van der Waals surface area contributed by atoms with E-state index in [-0.39, 0.29) is 11.3 Å². The van der Waals surface area contributed by atoms with E-state index in [0.29, 0.717) is 12.4 Å². The molecule has 29 heavy (non-hydrogen) atoms. The maximum absolute atomic E-state index is 6.21.